The lowest BCUT2D eigenvalue weighted by molar-refractivity contribution is -0.152. The van der Waals surface area contributed by atoms with Gasteiger partial charge in [-0.1, -0.05) is 30.3 Å². The van der Waals surface area contributed by atoms with Crippen LogP contribution in [0.2, 0.25) is 0 Å². The van der Waals surface area contributed by atoms with Crippen molar-refractivity contribution in [2.75, 3.05) is 6.61 Å². The molecule has 2 aromatic carbocycles. The van der Waals surface area contributed by atoms with Crippen molar-refractivity contribution in [1.82, 2.24) is 10.5 Å². The summed E-state index contributed by atoms with van der Waals surface area (Å²) >= 11 is 0. The predicted molar refractivity (Wildman–Crippen MR) is 118 cm³/mol. The topological polar surface area (TPSA) is 97.8 Å². The zero-order chi connectivity index (χ0) is 25.2. The highest BCUT2D eigenvalue weighted by molar-refractivity contribution is 5.93. The van der Waals surface area contributed by atoms with Crippen molar-refractivity contribution < 1.29 is 37.4 Å². The molecule has 7 nitrogen and oxygen atoms in total. The Hall–Kier alpha value is -3.66. The maximum atomic E-state index is 13.3. The van der Waals surface area contributed by atoms with E-state index in [4.69, 9.17) is 14.7 Å². The average molecular weight is 488 g/mol. The summed E-state index contributed by atoms with van der Waals surface area (Å²) in [6.07, 6.45) is -4.09. The lowest BCUT2D eigenvalue weighted by Crippen LogP contribution is -2.30. The first-order valence-electron chi connectivity index (χ1n) is 11.0. The van der Waals surface area contributed by atoms with E-state index in [9.17, 15) is 22.8 Å². The molecule has 1 heterocycles. The fourth-order valence-corrected chi connectivity index (χ4v) is 4.24. The van der Waals surface area contributed by atoms with Gasteiger partial charge in [0.05, 0.1) is 23.5 Å². The molecular weight excluding hydrogens is 465 g/mol. The lowest BCUT2D eigenvalue weighted by atomic mass is 9.93. The van der Waals surface area contributed by atoms with Gasteiger partial charge in [0.1, 0.15) is 18.1 Å². The first-order chi connectivity index (χ1) is 16.7. The molecule has 0 aliphatic heterocycles. The van der Waals surface area contributed by atoms with Crippen molar-refractivity contribution in [2.45, 2.75) is 32.5 Å². The number of hydroxylamine groups is 1. The molecule has 10 heteroatoms. The van der Waals surface area contributed by atoms with Gasteiger partial charge in [-0.05, 0) is 49.6 Å². The normalized spacial score (nSPS) is 19.3. The van der Waals surface area contributed by atoms with E-state index < -0.39 is 35.1 Å². The van der Waals surface area contributed by atoms with Crippen LogP contribution in [0.1, 0.15) is 30.2 Å². The van der Waals surface area contributed by atoms with Gasteiger partial charge < -0.3 is 9.47 Å². The van der Waals surface area contributed by atoms with Crippen LogP contribution in [-0.4, -0.2) is 28.7 Å². The summed E-state index contributed by atoms with van der Waals surface area (Å²) in [5.41, 5.74) is 0.880. The predicted octanol–water partition coefficient (Wildman–Crippen LogP) is 4.45. The van der Waals surface area contributed by atoms with Crippen molar-refractivity contribution in [3.63, 3.8) is 0 Å². The number of fused-ring (bicyclic) bond motifs is 1. The van der Waals surface area contributed by atoms with Crippen molar-refractivity contribution in [2.24, 2.45) is 11.3 Å². The second kappa shape index (κ2) is 9.53. The smallest absolute Gasteiger partial charge is 0.433 e. The van der Waals surface area contributed by atoms with Gasteiger partial charge in [0.25, 0.3) is 0 Å². The van der Waals surface area contributed by atoms with E-state index in [1.165, 1.54) is 6.07 Å². The Bertz CT molecular complexity index is 1250. The summed E-state index contributed by atoms with van der Waals surface area (Å²) in [6.45, 7) is 1.74. The second-order valence-electron chi connectivity index (χ2n) is 8.40. The van der Waals surface area contributed by atoms with Crippen LogP contribution in [0, 0.1) is 11.3 Å². The first kappa shape index (κ1) is 24.5. The summed E-state index contributed by atoms with van der Waals surface area (Å²) in [7, 11) is 0. The highest BCUT2D eigenvalue weighted by Gasteiger charge is 2.64. The molecule has 0 bridgehead atoms. The molecule has 2 N–H and O–H groups in total. The van der Waals surface area contributed by atoms with Crippen molar-refractivity contribution >= 4 is 22.8 Å². The molecule has 4 rings (SSSR count). The minimum atomic E-state index is -4.58. The van der Waals surface area contributed by atoms with Crippen LogP contribution >= 0.6 is 0 Å². The van der Waals surface area contributed by atoms with Crippen LogP contribution in [0.5, 0.6) is 5.75 Å². The Kier molecular flexibility index (Phi) is 6.66. The van der Waals surface area contributed by atoms with E-state index in [1.807, 2.05) is 0 Å². The number of ether oxygens (including phenoxy) is 2. The van der Waals surface area contributed by atoms with Gasteiger partial charge in [0.2, 0.25) is 5.91 Å². The number of halogens is 3. The Balaban J connectivity index is 1.49. The zero-order valence-corrected chi connectivity index (χ0v) is 18.8. The van der Waals surface area contributed by atoms with Crippen LogP contribution in [0.15, 0.2) is 54.6 Å². The molecule has 2 unspecified atom stereocenters. The zero-order valence-electron chi connectivity index (χ0n) is 18.8. The molecule has 1 amide bonds. The lowest BCUT2D eigenvalue weighted by Gasteiger charge is -2.16. The number of hydrogen-bond donors (Lipinski definition) is 2. The van der Waals surface area contributed by atoms with Crippen LogP contribution in [0.4, 0.5) is 13.2 Å². The summed E-state index contributed by atoms with van der Waals surface area (Å²) < 4.78 is 50.7. The molecular formula is C25H23F3N2O5. The van der Waals surface area contributed by atoms with Gasteiger partial charge >= 0.3 is 12.1 Å². The maximum Gasteiger partial charge on any atom is 0.433 e. The van der Waals surface area contributed by atoms with Gasteiger partial charge in [-0.15, -0.1) is 0 Å². The molecule has 3 aromatic rings. The molecule has 1 fully saturated rings. The van der Waals surface area contributed by atoms with E-state index in [0.29, 0.717) is 16.7 Å². The molecule has 35 heavy (non-hydrogen) atoms. The fourth-order valence-electron chi connectivity index (χ4n) is 4.24. The van der Waals surface area contributed by atoms with E-state index in [-0.39, 0.29) is 31.6 Å². The number of esters is 1. The van der Waals surface area contributed by atoms with Gasteiger partial charge in [-0.3, -0.25) is 14.8 Å². The van der Waals surface area contributed by atoms with Crippen molar-refractivity contribution in [3.8, 4) is 5.75 Å². The van der Waals surface area contributed by atoms with E-state index in [1.54, 1.807) is 54.9 Å². The minimum absolute atomic E-state index is 0.100. The van der Waals surface area contributed by atoms with Gasteiger partial charge in [0, 0.05) is 10.9 Å². The standard InChI is InChI=1S/C25H23F3N2O5/c1-2-34-23(32)24(13-19(24)22(31)30-33)12-15-7-9-17(10-8-15)35-14-16-11-21(25(26,27)28)29-20-6-4-3-5-18(16)20/h3-11,19,33H,2,12-14H2,1H3,(H,30,31). The number of nitrogens with zero attached hydrogens (tertiary/aromatic N) is 1. The first-order valence-corrected chi connectivity index (χ1v) is 11.0. The number of rotatable bonds is 8. The molecule has 1 saturated carbocycles. The van der Waals surface area contributed by atoms with Crippen LogP contribution in [-0.2, 0) is 33.5 Å². The number of alkyl halides is 3. The quantitative estimate of drug-likeness (QED) is 0.276. The number of carbonyl (C=O) groups excluding carboxylic acids is 2. The van der Waals surface area contributed by atoms with Crippen molar-refractivity contribution in [1.29, 1.82) is 0 Å². The Morgan fingerprint density at radius 1 is 1.17 bits per heavy atom. The molecule has 2 atom stereocenters. The number of aromatic nitrogens is 1. The summed E-state index contributed by atoms with van der Waals surface area (Å²) in [6, 6.07) is 14.3. The molecule has 0 spiro atoms. The summed E-state index contributed by atoms with van der Waals surface area (Å²) in [5, 5.41) is 9.50. The average Bonchev–Trinajstić information content (AvgIpc) is 3.57. The van der Waals surface area contributed by atoms with E-state index in [2.05, 4.69) is 4.98 Å². The SMILES string of the molecule is CCOC(=O)C1(Cc2ccc(OCc3cc(C(F)(F)F)nc4ccccc34)cc2)CC1C(=O)NO. The summed E-state index contributed by atoms with van der Waals surface area (Å²) in [5.74, 6) is -1.40. The molecule has 1 aromatic heterocycles. The number of pyridine rings is 1. The van der Waals surface area contributed by atoms with Crippen LogP contribution in [0.25, 0.3) is 10.9 Å². The molecule has 1 aliphatic carbocycles. The highest BCUT2D eigenvalue weighted by atomic mass is 19.4. The third-order valence-corrected chi connectivity index (χ3v) is 6.11. The number of para-hydroxylation sites is 1. The molecule has 0 radical (unpaired) electrons. The van der Waals surface area contributed by atoms with Gasteiger partial charge in [0.15, 0.2) is 0 Å². The molecule has 0 saturated heterocycles. The third-order valence-electron chi connectivity index (χ3n) is 6.11. The Morgan fingerprint density at radius 2 is 1.89 bits per heavy atom. The molecule has 184 valence electrons. The van der Waals surface area contributed by atoms with E-state index in [0.717, 1.165) is 11.6 Å². The summed E-state index contributed by atoms with van der Waals surface area (Å²) in [4.78, 5) is 28.1. The van der Waals surface area contributed by atoms with E-state index >= 15 is 0 Å². The second-order valence-corrected chi connectivity index (χ2v) is 8.40. The fraction of sp³-hybridized carbons (Fsp3) is 0.320. The number of amides is 1. The number of carbonyl (C=O) groups is 2. The maximum absolute atomic E-state index is 13.3. The Morgan fingerprint density at radius 3 is 2.54 bits per heavy atom. The monoisotopic (exact) mass is 488 g/mol. The number of nitrogens with one attached hydrogen (secondary N) is 1. The third kappa shape index (κ3) is 5.07. The largest absolute Gasteiger partial charge is 0.489 e. The van der Waals surface area contributed by atoms with Crippen LogP contribution in [0.3, 0.4) is 0 Å². The number of benzene rings is 2. The number of hydrogen-bond acceptors (Lipinski definition) is 6. The van der Waals surface area contributed by atoms with Gasteiger partial charge in [-0.25, -0.2) is 10.5 Å². The van der Waals surface area contributed by atoms with Crippen molar-refractivity contribution in [3.05, 3.63) is 71.4 Å². The minimum Gasteiger partial charge on any atom is -0.489 e. The van der Waals surface area contributed by atoms with Gasteiger partial charge in [-0.2, -0.15) is 13.2 Å². The van der Waals surface area contributed by atoms with Crippen LogP contribution < -0.4 is 10.2 Å². The Labute approximate surface area is 198 Å². The molecule has 1 aliphatic rings. The highest BCUT2D eigenvalue weighted by Crippen LogP contribution is 2.56.